The number of hydrogen-bond donors (Lipinski definition) is 1. The molecule has 1 amide bonds. The molecular formula is C15H15BrN2O4. The fourth-order valence-electron chi connectivity index (χ4n) is 1.95. The van der Waals surface area contributed by atoms with Gasteiger partial charge in [0.05, 0.1) is 6.07 Å². The Bertz CT molecular complexity index is 666. The van der Waals surface area contributed by atoms with Crippen molar-refractivity contribution in [3.05, 3.63) is 62.3 Å². The Labute approximate surface area is 135 Å². The van der Waals surface area contributed by atoms with Crippen molar-refractivity contribution in [3.8, 4) is 0 Å². The lowest BCUT2D eigenvalue weighted by Crippen LogP contribution is -2.32. The van der Waals surface area contributed by atoms with E-state index in [1.807, 2.05) is 31.2 Å². The van der Waals surface area contributed by atoms with Gasteiger partial charge in [-0.2, -0.15) is 0 Å². The van der Waals surface area contributed by atoms with Crippen LogP contribution in [0.3, 0.4) is 0 Å². The fourth-order valence-corrected chi connectivity index (χ4v) is 2.21. The van der Waals surface area contributed by atoms with Crippen LogP contribution in [0.4, 0.5) is 5.88 Å². The number of aryl methyl sites for hydroxylation is 1. The van der Waals surface area contributed by atoms with E-state index in [0.717, 1.165) is 17.3 Å². The third-order valence-corrected chi connectivity index (χ3v) is 3.68. The standard InChI is InChI=1S/C15H15BrN2O4/c1-10(2-3-11-4-6-12(16)7-5-11)17-15(19)13-8-9-14(22-13)18(20)21/h4-10H,2-3H2,1H3,(H,17,19). The van der Waals surface area contributed by atoms with Crippen LogP contribution in [-0.2, 0) is 6.42 Å². The second-order valence-corrected chi connectivity index (χ2v) is 5.85. The van der Waals surface area contributed by atoms with Gasteiger partial charge in [-0.1, -0.05) is 28.1 Å². The zero-order valence-electron chi connectivity index (χ0n) is 11.9. The van der Waals surface area contributed by atoms with E-state index in [1.54, 1.807) is 0 Å². The SMILES string of the molecule is CC(CCc1ccc(Br)cc1)NC(=O)c1ccc([N+](=O)[O-])o1. The van der Waals surface area contributed by atoms with Crippen LogP contribution in [0, 0.1) is 10.1 Å². The van der Waals surface area contributed by atoms with Gasteiger partial charge < -0.3 is 9.73 Å². The van der Waals surface area contributed by atoms with Gasteiger partial charge in [0.15, 0.2) is 5.76 Å². The summed E-state index contributed by atoms with van der Waals surface area (Å²) in [7, 11) is 0. The maximum atomic E-state index is 11.9. The highest BCUT2D eigenvalue weighted by Crippen LogP contribution is 2.16. The Morgan fingerprint density at radius 3 is 2.59 bits per heavy atom. The second-order valence-electron chi connectivity index (χ2n) is 4.93. The predicted octanol–water partition coefficient (Wildman–Crippen LogP) is 3.70. The molecule has 0 aliphatic carbocycles. The van der Waals surface area contributed by atoms with Crippen molar-refractivity contribution in [3.63, 3.8) is 0 Å². The first-order chi connectivity index (χ1) is 10.5. The van der Waals surface area contributed by atoms with Crippen molar-refractivity contribution in [2.75, 3.05) is 0 Å². The Balaban J connectivity index is 1.85. The monoisotopic (exact) mass is 366 g/mol. The molecule has 0 saturated carbocycles. The molecule has 2 rings (SSSR count). The molecule has 0 saturated heterocycles. The summed E-state index contributed by atoms with van der Waals surface area (Å²) in [4.78, 5) is 21.8. The Morgan fingerprint density at radius 2 is 2.00 bits per heavy atom. The first-order valence-electron chi connectivity index (χ1n) is 6.75. The summed E-state index contributed by atoms with van der Waals surface area (Å²) in [5, 5.41) is 13.3. The average molecular weight is 367 g/mol. The molecule has 0 aliphatic heterocycles. The number of nitrogens with one attached hydrogen (secondary N) is 1. The van der Waals surface area contributed by atoms with Crippen molar-refractivity contribution in [1.29, 1.82) is 0 Å². The van der Waals surface area contributed by atoms with E-state index >= 15 is 0 Å². The molecular weight excluding hydrogens is 352 g/mol. The van der Waals surface area contributed by atoms with Crippen molar-refractivity contribution >= 4 is 27.7 Å². The van der Waals surface area contributed by atoms with Gasteiger partial charge in [0.1, 0.15) is 4.92 Å². The lowest BCUT2D eigenvalue weighted by Gasteiger charge is -2.12. The minimum Gasteiger partial charge on any atom is -0.395 e. The van der Waals surface area contributed by atoms with Crippen LogP contribution in [0.25, 0.3) is 0 Å². The molecule has 0 spiro atoms. The number of nitrogens with zero attached hydrogens (tertiary/aromatic N) is 1. The number of hydrogen-bond acceptors (Lipinski definition) is 4. The molecule has 0 fully saturated rings. The summed E-state index contributed by atoms with van der Waals surface area (Å²) in [6, 6.07) is 10.4. The summed E-state index contributed by atoms with van der Waals surface area (Å²) >= 11 is 3.38. The van der Waals surface area contributed by atoms with Crippen LogP contribution in [-0.4, -0.2) is 16.9 Å². The number of rotatable bonds is 6. The van der Waals surface area contributed by atoms with Crippen LogP contribution >= 0.6 is 15.9 Å². The molecule has 1 aromatic carbocycles. The number of halogens is 1. The topological polar surface area (TPSA) is 85.4 Å². The second kappa shape index (κ2) is 7.22. The maximum Gasteiger partial charge on any atom is 0.433 e. The van der Waals surface area contributed by atoms with Gasteiger partial charge in [-0.15, -0.1) is 0 Å². The molecule has 0 bridgehead atoms. The van der Waals surface area contributed by atoms with Gasteiger partial charge in [-0.25, -0.2) is 0 Å². The molecule has 2 aromatic rings. The van der Waals surface area contributed by atoms with E-state index in [1.165, 1.54) is 17.7 Å². The molecule has 1 heterocycles. The zero-order valence-corrected chi connectivity index (χ0v) is 13.5. The molecule has 1 unspecified atom stereocenters. The number of nitro groups is 1. The third kappa shape index (κ3) is 4.42. The number of furan rings is 1. The number of amides is 1. The molecule has 116 valence electrons. The van der Waals surface area contributed by atoms with E-state index in [-0.39, 0.29) is 11.8 Å². The molecule has 0 radical (unpaired) electrons. The summed E-state index contributed by atoms with van der Waals surface area (Å²) in [5.41, 5.74) is 1.18. The smallest absolute Gasteiger partial charge is 0.395 e. The average Bonchev–Trinajstić information content (AvgIpc) is 2.97. The van der Waals surface area contributed by atoms with E-state index in [4.69, 9.17) is 4.42 Å². The van der Waals surface area contributed by atoms with Crippen LogP contribution < -0.4 is 5.32 Å². The normalized spacial score (nSPS) is 11.9. The number of carbonyl (C=O) groups is 1. The van der Waals surface area contributed by atoms with Gasteiger partial charge in [-0.3, -0.25) is 14.9 Å². The van der Waals surface area contributed by atoms with Crippen molar-refractivity contribution in [2.24, 2.45) is 0 Å². The number of carbonyl (C=O) groups excluding carboxylic acids is 1. The van der Waals surface area contributed by atoms with Crippen molar-refractivity contribution in [1.82, 2.24) is 5.32 Å². The minimum atomic E-state index is -0.673. The van der Waals surface area contributed by atoms with E-state index in [9.17, 15) is 14.9 Å². The van der Waals surface area contributed by atoms with Gasteiger partial charge >= 0.3 is 5.88 Å². The molecule has 7 heteroatoms. The first kappa shape index (κ1) is 16.2. The summed E-state index contributed by atoms with van der Waals surface area (Å²) in [5.74, 6) is -0.939. The highest BCUT2D eigenvalue weighted by Gasteiger charge is 2.18. The largest absolute Gasteiger partial charge is 0.433 e. The molecule has 1 atom stereocenters. The molecule has 22 heavy (non-hydrogen) atoms. The maximum absolute atomic E-state index is 11.9. The van der Waals surface area contributed by atoms with E-state index in [0.29, 0.717) is 0 Å². The third-order valence-electron chi connectivity index (χ3n) is 3.15. The van der Waals surface area contributed by atoms with Crippen LogP contribution in [0.5, 0.6) is 0 Å². The first-order valence-corrected chi connectivity index (χ1v) is 7.54. The molecule has 1 aromatic heterocycles. The summed E-state index contributed by atoms with van der Waals surface area (Å²) in [6.07, 6.45) is 1.59. The molecule has 0 aliphatic rings. The Morgan fingerprint density at radius 1 is 1.32 bits per heavy atom. The van der Waals surface area contributed by atoms with Crippen LogP contribution in [0.2, 0.25) is 0 Å². The Kier molecular flexibility index (Phi) is 5.32. The lowest BCUT2D eigenvalue weighted by atomic mass is 10.1. The highest BCUT2D eigenvalue weighted by atomic mass is 79.9. The zero-order chi connectivity index (χ0) is 16.1. The minimum absolute atomic E-state index is 0.0535. The Hall–Kier alpha value is -2.15. The van der Waals surface area contributed by atoms with E-state index < -0.39 is 16.7 Å². The van der Waals surface area contributed by atoms with Crippen molar-refractivity contribution < 1.29 is 14.1 Å². The van der Waals surface area contributed by atoms with E-state index in [2.05, 4.69) is 21.2 Å². The molecule has 6 nitrogen and oxygen atoms in total. The van der Waals surface area contributed by atoms with Gasteiger partial charge in [0, 0.05) is 10.5 Å². The quantitative estimate of drug-likeness (QED) is 0.623. The van der Waals surface area contributed by atoms with Crippen LogP contribution in [0.1, 0.15) is 29.5 Å². The van der Waals surface area contributed by atoms with Crippen LogP contribution in [0.15, 0.2) is 45.3 Å². The van der Waals surface area contributed by atoms with Gasteiger partial charge in [0.2, 0.25) is 0 Å². The highest BCUT2D eigenvalue weighted by molar-refractivity contribution is 9.10. The van der Waals surface area contributed by atoms with Crippen molar-refractivity contribution in [2.45, 2.75) is 25.8 Å². The van der Waals surface area contributed by atoms with Gasteiger partial charge in [0.25, 0.3) is 5.91 Å². The number of benzene rings is 1. The lowest BCUT2D eigenvalue weighted by molar-refractivity contribution is -0.402. The summed E-state index contributed by atoms with van der Waals surface area (Å²) < 4.78 is 5.89. The molecule has 1 N–H and O–H groups in total. The summed E-state index contributed by atoms with van der Waals surface area (Å²) in [6.45, 7) is 1.88. The van der Waals surface area contributed by atoms with Gasteiger partial charge in [-0.05, 0) is 43.5 Å². The predicted molar refractivity (Wildman–Crippen MR) is 84.8 cm³/mol. The fraction of sp³-hybridized carbons (Fsp3) is 0.267.